The van der Waals surface area contributed by atoms with Gasteiger partial charge in [-0.15, -0.1) is 11.6 Å². The number of hydrogen-bond acceptors (Lipinski definition) is 4. The molecule has 88 valence electrons. The summed E-state index contributed by atoms with van der Waals surface area (Å²) in [6, 6.07) is 4.10. The number of halogens is 1. The van der Waals surface area contributed by atoms with Crippen molar-refractivity contribution in [1.82, 2.24) is 0 Å². The number of nitrogens with zero attached hydrogens (tertiary/aromatic N) is 1. The largest absolute Gasteiger partial charge is 0.423 e. The normalized spacial score (nSPS) is 10.7. The standard InChI is InChI=1S/C11H8ClNO4/c1-6-2-10-8(4-9(6)13(15)16)7(5-12)3-11(14)17-10/h2-4H,5H2,1H3. The summed E-state index contributed by atoms with van der Waals surface area (Å²) in [5, 5.41) is 11.3. The van der Waals surface area contributed by atoms with Crippen LogP contribution >= 0.6 is 11.6 Å². The summed E-state index contributed by atoms with van der Waals surface area (Å²) < 4.78 is 4.98. The zero-order valence-electron chi connectivity index (χ0n) is 8.90. The Morgan fingerprint density at radius 3 is 2.71 bits per heavy atom. The van der Waals surface area contributed by atoms with Crippen molar-refractivity contribution < 1.29 is 9.34 Å². The third kappa shape index (κ3) is 2.01. The predicted molar refractivity (Wildman–Crippen MR) is 63.4 cm³/mol. The predicted octanol–water partition coefficient (Wildman–Crippen LogP) is 2.75. The van der Waals surface area contributed by atoms with Gasteiger partial charge in [0.15, 0.2) is 0 Å². The van der Waals surface area contributed by atoms with Crippen molar-refractivity contribution in [1.29, 1.82) is 0 Å². The van der Waals surface area contributed by atoms with Crippen molar-refractivity contribution >= 4 is 28.3 Å². The van der Waals surface area contributed by atoms with Gasteiger partial charge in [0.2, 0.25) is 0 Å². The van der Waals surface area contributed by atoms with Crippen molar-refractivity contribution in [3.05, 3.63) is 49.9 Å². The molecule has 0 bridgehead atoms. The second-order valence-corrected chi connectivity index (χ2v) is 3.88. The summed E-state index contributed by atoms with van der Waals surface area (Å²) in [5.41, 5.74) is 0.758. The van der Waals surface area contributed by atoms with E-state index in [1.54, 1.807) is 6.92 Å². The van der Waals surface area contributed by atoms with Crippen LogP contribution in [0.1, 0.15) is 11.1 Å². The van der Waals surface area contributed by atoms with E-state index in [2.05, 4.69) is 0 Å². The average molecular weight is 254 g/mol. The molecule has 17 heavy (non-hydrogen) atoms. The summed E-state index contributed by atoms with van der Waals surface area (Å²) in [5.74, 6) is 0.0995. The lowest BCUT2D eigenvalue weighted by Gasteiger charge is -2.03. The van der Waals surface area contributed by atoms with Crippen molar-refractivity contribution in [2.24, 2.45) is 0 Å². The molecule has 0 atom stereocenters. The van der Waals surface area contributed by atoms with Crippen LogP contribution in [0.4, 0.5) is 5.69 Å². The summed E-state index contributed by atoms with van der Waals surface area (Å²) in [4.78, 5) is 21.6. The number of fused-ring (bicyclic) bond motifs is 1. The topological polar surface area (TPSA) is 73.3 Å². The third-order valence-corrected chi connectivity index (χ3v) is 2.78. The highest BCUT2D eigenvalue weighted by atomic mass is 35.5. The van der Waals surface area contributed by atoms with E-state index in [4.69, 9.17) is 16.0 Å². The number of nitro groups is 1. The zero-order chi connectivity index (χ0) is 12.6. The minimum Gasteiger partial charge on any atom is -0.423 e. The van der Waals surface area contributed by atoms with E-state index >= 15 is 0 Å². The lowest BCUT2D eigenvalue weighted by atomic mass is 10.1. The van der Waals surface area contributed by atoms with Gasteiger partial charge in [0.05, 0.1) is 4.92 Å². The third-order valence-electron chi connectivity index (χ3n) is 2.49. The van der Waals surface area contributed by atoms with Crippen LogP contribution in [0.2, 0.25) is 0 Å². The van der Waals surface area contributed by atoms with Gasteiger partial charge in [-0.1, -0.05) is 0 Å². The van der Waals surface area contributed by atoms with Gasteiger partial charge in [0, 0.05) is 29.0 Å². The summed E-state index contributed by atoms with van der Waals surface area (Å²) in [6.07, 6.45) is 0. The Kier molecular flexibility index (Phi) is 2.85. The molecule has 0 N–H and O–H groups in total. The van der Waals surface area contributed by atoms with Crippen LogP contribution < -0.4 is 5.63 Å². The highest BCUT2D eigenvalue weighted by Crippen LogP contribution is 2.27. The Labute approximate surface area is 101 Å². The Hall–Kier alpha value is -1.88. The number of nitro benzene ring substituents is 1. The number of rotatable bonds is 2. The van der Waals surface area contributed by atoms with E-state index in [1.165, 1.54) is 18.2 Å². The van der Waals surface area contributed by atoms with E-state index in [0.717, 1.165) is 0 Å². The van der Waals surface area contributed by atoms with E-state index < -0.39 is 10.5 Å². The molecule has 2 rings (SSSR count). The molecule has 0 spiro atoms. The number of alkyl halides is 1. The lowest BCUT2D eigenvalue weighted by Crippen LogP contribution is -2.01. The minimum absolute atomic E-state index is 0.0160. The molecule has 0 fully saturated rings. The monoisotopic (exact) mass is 253 g/mol. The summed E-state index contributed by atoms with van der Waals surface area (Å²) in [7, 11) is 0. The lowest BCUT2D eigenvalue weighted by molar-refractivity contribution is -0.385. The molecule has 0 aliphatic carbocycles. The maximum atomic E-state index is 11.2. The van der Waals surface area contributed by atoms with Gasteiger partial charge in [0.1, 0.15) is 5.58 Å². The van der Waals surface area contributed by atoms with E-state index in [0.29, 0.717) is 22.1 Å². The maximum absolute atomic E-state index is 11.2. The van der Waals surface area contributed by atoms with Gasteiger partial charge < -0.3 is 4.42 Å². The molecule has 0 aliphatic heterocycles. The van der Waals surface area contributed by atoms with Gasteiger partial charge in [-0.25, -0.2) is 4.79 Å². The summed E-state index contributed by atoms with van der Waals surface area (Å²) in [6.45, 7) is 1.59. The van der Waals surface area contributed by atoms with Crippen LogP contribution in [-0.4, -0.2) is 4.92 Å². The van der Waals surface area contributed by atoms with Crippen LogP contribution in [0, 0.1) is 17.0 Å². The molecule has 0 aliphatic rings. The molecule has 0 amide bonds. The quantitative estimate of drug-likeness (QED) is 0.357. The van der Waals surface area contributed by atoms with Gasteiger partial charge in [-0.3, -0.25) is 10.1 Å². The van der Waals surface area contributed by atoms with Crippen LogP contribution in [0.3, 0.4) is 0 Å². The fourth-order valence-electron chi connectivity index (χ4n) is 1.67. The number of benzene rings is 1. The smallest absolute Gasteiger partial charge is 0.336 e. The van der Waals surface area contributed by atoms with Crippen LogP contribution in [0.25, 0.3) is 11.0 Å². The van der Waals surface area contributed by atoms with Crippen LogP contribution in [0.5, 0.6) is 0 Å². The SMILES string of the molecule is Cc1cc2oc(=O)cc(CCl)c2cc1[N+](=O)[O-]. The van der Waals surface area contributed by atoms with E-state index in [9.17, 15) is 14.9 Å². The van der Waals surface area contributed by atoms with Crippen LogP contribution in [-0.2, 0) is 5.88 Å². The fourth-order valence-corrected chi connectivity index (χ4v) is 1.89. The molecule has 1 aromatic carbocycles. The van der Waals surface area contributed by atoms with Crippen molar-refractivity contribution in [2.75, 3.05) is 0 Å². The first kappa shape index (κ1) is 11.6. The van der Waals surface area contributed by atoms with Crippen molar-refractivity contribution in [3.63, 3.8) is 0 Å². The molecule has 1 aromatic heterocycles. The van der Waals surface area contributed by atoms with E-state index in [-0.39, 0.29) is 11.6 Å². The molecule has 0 unspecified atom stereocenters. The van der Waals surface area contributed by atoms with Crippen molar-refractivity contribution in [3.8, 4) is 0 Å². The van der Waals surface area contributed by atoms with E-state index in [1.807, 2.05) is 0 Å². The Morgan fingerprint density at radius 2 is 2.12 bits per heavy atom. The molecule has 0 saturated heterocycles. The van der Waals surface area contributed by atoms with Gasteiger partial charge >= 0.3 is 5.63 Å². The fraction of sp³-hybridized carbons (Fsp3) is 0.182. The Balaban J connectivity index is 2.88. The average Bonchev–Trinajstić information content (AvgIpc) is 2.26. The Morgan fingerprint density at radius 1 is 1.41 bits per heavy atom. The molecular formula is C11H8ClNO4. The molecular weight excluding hydrogens is 246 g/mol. The number of aryl methyl sites for hydroxylation is 1. The first-order chi connectivity index (χ1) is 8.02. The Bertz CT molecular complexity index is 662. The second-order valence-electron chi connectivity index (χ2n) is 3.62. The summed E-state index contributed by atoms with van der Waals surface area (Å²) >= 11 is 5.70. The zero-order valence-corrected chi connectivity index (χ0v) is 9.65. The molecule has 6 heteroatoms. The van der Waals surface area contributed by atoms with Gasteiger partial charge in [-0.05, 0) is 18.6 Å². The highest BCUT2D eigenvalue weighted by molar-refractivity contribution is 6.18. The van der Waals surface area contributed by atoms with Crippen LogP contribution in [0.15, 0.2) is 27.4 Å². The maximum Gasteiger partial charge on any atom is 0.336 e. The molecule has 1 heterocycles. The molecule has 0 radical (unpaired) electrons. The molecule has 2 aromatic rings. The van der Waals surface area contributed by atoms with Gasteiger partial charge in [0.25, 0.3) is 5.69 Å². The molecule has 0 saturated carbocycles. The molecule has 5 nitrogen and oxygen atoms in total. The van der Waals surface area contributed by atoms with Gasteiger partial charge in [-0.2, -0.15) is 0 Å². The van der Waals surface area contributed by atoms with Crippen molar-refractivity contribution in [2.45, 2.75) is 12.8 Å². The minimum atomic E-state index is -0.513. The first-order valence-corrected chi connectivity index (χ1v) is 5.34. The first-order valence-electron chi connectivity index (χ1n) is 4.80. The number of hydrogen-bond donors (Lipinski definition) is 0. The second kappa shape index (κ2) is 4.18. The highest BCUT2D eigenvalue weighted by Gasteiger charge is 2.15.